The number of carbonyl (C=O) groups is 1. The van der Waals surface area contributed by atoms with Crippen LogP contribution in [0, 0.1) is 13.8 Å². The quantitative estimate of drug-likeness (QED) is 0.844. The molecule has 1 N–H and O–H groups in total. The topological polar surface area (TPSA) is 37.3 Å². The molecule has 2 nitrogen and oxygen atoms in total. The van der Waals surface area contributed by atoms with Gasteiger partial charge in [0.05, 0.1) is 12.5 Å². The van der Waals surface area contributed by atoms with Crippen LogP contribution in [-0.4, -0.2) is 11.1 Å². The Labute approximate surface area is 113 Å². The molecule has 2 aromatic carbocycles. The molecular formula is C17H17O2+. The van der Waals surface area contributed by atoms with E-state index in [2.05, 4.69) is 6.92 Å². The summed E-state index contributed by atoms with van der Waals surface area (Å²) in [6.07, 6.45) is 0. The zero-order valence-electron chi connectivity index (χ0n) is 11.2. The van der Waals surface area contributed by atoms with Crippen molar-refractivity contribution in [3.8, 4) is 0 Å². The number of rotatable bonds is 3. The number of carboxylic acids is 1. The molecule has 0 fully saturated rings. The summed E-state index contributed by atoms with van der Waals surface area (Å²) >= 11 is 0. The number of aryl methyl sites for hydroxylation is 1. The van der Waals surface area contributed by atoms with E-state index < -0.39 is 11.4 Å². The van der Waals surface area contributed by atoms with E-state index in [1.165, 1.54) is 0 Å². The van der Waals surface area contributed by atoms with Crippen molar-refractivity contribution in [3.63, 3.8) is 0 Å². The fourth-order valence-corrected chi connectivity index (χ4v) is 2.37. The highest BCUT2D eigenvalue weighted by molar-refractivity contribution is 5.92. The fourth-order valence-electron chi connectivity index (χ4n) is 2.37. The highest BCUT2D eigenvalue weighted by Crippen LogP contribution is 2.34. The molecule has 0 aliphatic carbocycles. The molecule has 0 heterocycles. The lowest BCUT2D eigenvalue weighted by molar-refractivity contribution is 0.0694. The van der Waals surface area contributed by atoms with Gasteiger partial charge in [0.1, 0.15) is 0 Å². The molecule has 0 spiro atoms. The maximum Gasteiger partial charge on any atom is 0.336 e. The smallest absolute Gasteiger partial charge is 0.336 e. The van der Waals surface area contributed by atoms with Gasteiger partial charge in [0.15, 0.2) is 5.41 Å². The van der Waals surface area contributed by atoms with Crippen LogP contribution >= 0.6 is 0 Å². The van der Waals surface area contributed by atoms with Gasteiger partial charge in [-0.1, -0.05) is 48.5 Å². The summed E-state index contributed by atoms with van der Waals surface area (Å²) in [6.45, 7) is 7.99. The third kappa shape index (κ3) is 2.34. The van der Waals surface area contributed by atoms with Crippen LogP contribution in [0.1, 0.15) is 34.0 Å². The fraction of sp³-hybridized carbons (Fsp3) is 0.176. The first-order valence-corrected chi connectivity index (χ1v) is 6.19. The first-order valence-electron chi connectivity index (χ1n) is 6.19. The third-order valence-electron chi connectivity index (χ3n) is 3.49. The summed E-state index contributed by atoms with van der Waals surface area (Å²) in [5, 5.41) is 9.43. The van der Waals surface area contributed by atoms with E-state index in [0.29, 0.717) is 5.56 Å². The lowest BCUT2D eigenvalue weighted by Crippen LogP contribution is -2.23. The zero-order chi connectivity index (χ0) is 14.0. The van der Waals surface area contributed by atoms with E-state index >= 15 is 0 Å². The molecule has 2 rings (SSSR count). The average molecular weight is 253 g/mol. The highest BCUT2D eigenvalue weighted by Gasteiger charge is 2.35. The van der Waals surface area contributed by atoms with E-state index in [1.54, 1.807) is 0 Å². The minimum atomic E-state index is -0.904. The lowest BCUT2D eigenvalue weighted by Gasteiger charge is -2.21. The van der Waals surface area contributed by atoms with Crippen LogP contribution in [0.15, 0.2) is 48.5 Å². The SMILES string of the molecule is [CH2+]C(C)(c1ccccc1)c1cccc(C)c1C(=O)O. The Bertz CT molecular complexity index is 598. The molecule has 19 heavy (non-hydrogen) atoms. The summed E-state index contributed by atoms with van der Waals surface area (Å²) in [4.78, 5) is 11.5. The largest absolute Gasteiger partial charge is 0.478 e. The van der Waals surface area contributed by atoms with E-state index in [9.17, 15) is 9.90 Å². The molecule has 2 aromatic rings. The molecule has 0 bridgehead atoms. The lowest BCUT2D eigenvalue weighted by atomic mass is 9.75. The number of benzene rings is 2. The highest BCUT2D eigenvalue weighted by atomic mass is 16.4. The number of hydrogen-bond acceptors (Lipinski definition) is 1. The van der Waals surface area contributed by atoms with E-state index in [4.69, 9.17) is 0 Å². The second-order valence-electron chi connectivity index (χ2n) is 5.00. The second-order valence-corrected chi connectivity index (χ2v) is 5.00. The van der Waals surface area contributed by atoms with Crippen molar-refractivity contribution in [2.75, 3.05) is 0 Å². The van der Waals surface area contributed by atoms with Gasteiger partial charge in [-0.15, -0.1) is 0 Å². The molecule has 0 saturated carbocycles. The molecule has 0 saturated heterocycles. The van der Waals surface area contributed by atoms with Crippen molar-refractivity contribution in [1.29, 1.82) is 0 Å². The Morgan fingerprint density at radius 1 is 1.11 bits per heavy atom. The standard InChI is InChI=1S/C17H16O2/c1-12-8-7-11-14(15(12)16(18)19)17(2,3)13-9-5-4-6-10-13/h4-11H,2H2,1,3H3/p+1. The van der Waals surface area contributed by atoms with E-state index in [1.807, 2.05) is 62.4 Å². The molecule has 1 unspecified atom stereocenters. The first-order chi connectivity index (χ1) is 8.94. The maximum absolute atomic E-state index is 11.5. The molecule has 0 aliphatic rings. The molecule has 0 aromatic heterocycles. The van der Waals surface area contributed by atoms with Crippen molar-refractivity contribution in [2.24, 2.45) is 0 Å². The van der Waals surface area contributed by atoms with Crippen molar-refractivity contribution in [3.05, 3.63) is 77.7 Å². The molecule has 1 atom stereocenters. The second kappa shape index (κ2) is 4.81. The number of hydrogen-bond donors (Lipinski definition) is 1. The molecule has 2 heteroatoms. The number of carboxylic acid groups (broad SMARTS) is 1. The predicted octanol–water partition coefficient (Wildman–Crippen LogP) is 3.83. The van der Waals surface area contributed by atoms with Gasteiger partial charge in [0, 0.05) is 11.1 Å². The van der Waals surface area contributed by atoms with Gasteiger partial charge in [-0.05, 0) is 19.4 Å². The van der Waals surface area contributed by atoms with Crippen LogP contribution in [-0.2, 0) is 5.41 Å². The summed E-state index contributed by atoms with van der Waals surface area (Å²) < 4.78 is 0. The molecular weight excluding hydrogens is 236 g/mol. The molecule has 96 valence electrons. The van der Waals surface area contributed by atoms with Gasteiger partial charge in [-0.3, -0.25) is 0 Å². The van der Waals surface area contributed by atoms with Crippen molar-refractivity contribution < 1.29 is 9.90 Å². The minimum Gasteiger partial charge on any atom is -0.478 e. The Kier molecular flexibility index (Phi) is 3.34. The minimum absolute atomic E-state index is 0.351. The Hall–Kier alpha value is -2.22. The van der Waals surface area contributed by atoms with Crippen molar-refractivity contribution >= 4 is 5.97 Å². The first kappa shape index (κ1) is 13.2. The van der Waals surface area contributed by atoms with Gasteiger partial charge in [-0.2, -0.15) is 0 Å². The van der Waals surface area contributed by atoms with Gasteiger partial charge in [0.25, 0.3) is 0 Å². The summed E-state index contributed by atoms with van der Waals surface area (Å²) in [5.41, 5.74) is 2.27. The van der Waals surface area contributed by atoms with Crippen molar-refractivity contribution in [1.82, 2.24) is 0 Å². The third-order valence-corrected chi connectivity index (χ3v) is 3.49. The van der Waals surface area contributed by atoms with E-state index in [0.717, 1.165) is 16.7 Å². The summed E-state index contributed by atoms with van der Waals surface area (Å²) in [5.74, 6) is -0.904. The van der Waals surface area contributed by atoms with Gasteiger partial charge in [-0.25, -0.2) is 4.79 Å². The van der Waals surface area contributed by atoms with Gasteiger partial charge >= 0.3 is 5.97 Å². The van der Waals surface area contributed by atoms with Crippen LogP contribution in [0.4, 0.5) is 0 Å². The Balaban J connectivity index is 2.65. The predicted molar refractivity (Wildman–Crippen MR) is 76.4 cm³/mol. The van der Waals surface area contributed by atoms with Crippen LogP contribution in [0.3, 0.4) is 0 Å². The van der Waals surface area contributed by atoms with Gasteiger partial charge in [0.2, 0.25) is 0 Å². The van der Waals surface area contributed by atoms with Crippen LogP contribution in [0.25, 0.3) is 0 Å². The van der Waals surface area contributed by atoms with Crippen LogP contribution in [0.2, 0.25) is 0 Å². The summed E-state index contributed by atoms with van der Waals surface area (Å²) in [7, 11) is 0. The van der Waals surface area contributed by atoms with Gasteiger partial charge < -0.3 is 5.11 Å². The average Bonchev–Trinajstić information content (AvgIpc) is 2.39. The number of aromatic carboxylic acids is 1. The molecule has 0 aliphatic heterocycles. The maximum atomic E-state index is 11.5. The monoisotopic (exact) mass is 253 g/mol. The van der Waals surface area contributed by atoms with Crippen LogP contribution in [0.5, 0.6) is 0 Å². The van der Waals surface area contributed by atoms with E-state index in [-0.39, 0.29) is 0 Å². The molecule has 0 amide bonds. The van der Waals surface area contributed by atoms with Crippen LogP contribution < -0.4 is 0 Å². The zero-order valence-corrected chi connectivity index (χ0v) is 11.2. The Morgan fingerprint density at radius 2 is 1.74 bits per heavy atom. The summed E-state index contributed by atoms with van der Waals surface area (Å²) in [6, 6.07) is 15.3. The normalized spacial score (nSPS) is 13.8. The molecule has 0 radical (unpaired) electrons. The van der Waals surface area contributed by atoms with Crippen molar-refractivity contribution in [2.45, 2.75) is 19.3 Å². The Morgan fingerprint density at radius 3 is 2.32 bits per heavy atom.